The predicted octanol–water partition coefficient (Wildman–Crippen LogP) is 2.65. The summed E-state index contributed by atoms with van der Waals surface area (Å²) in [7, 11) is 0. The fourth-order valence-electron chi connectivity index (χ4n) is 3.93. The smallest absolute Gasteiger partial charge is 0.247 e. The lowest BCUT2D eigenvalue weighted by molar-refractivity contribution is -0.136. The highest BCUT2D eigenvalue weighted by atomic mass is 19.2. The first-order valence-electron chi connectivity index (χ1n) is 11.2. The van der Waals surface area contributed by atoms with E-state index in [-0.39, 0.29) is 43.9 Å². The van der Waals surface area contributed by atoms with Gasteiger partial charge in [-0.1, -0.05) is 18.2 Å². The van der Waals surface area contributed by atoms with Crippen molar-refractivity contribution in [2.45, 2.75) is 51.7 Å². The van der Waals surface area contributed by atoms with Gasteiger partial charge in [0.1, 0.15) is 18.9 Å². The van der Waals surface area contributed by atoms with E-state index in [0.29, 0.717) is 17.3 Å². The van der Waals surface area contributed by atoms with Gasteiger partial charge in [-0.05, 0) is 50.5 Å². The van der Waals surface area contributed by atoms with Crippen molar-refractivity contribution in [3.63, 3.8) is 0 Å². The van der Waals surface area contributed by atoms with Crippen LogP contribution in [0, 0.1) is 17.5 Å². The van der Waals surface area contributed by atoms with Crippen molar-refractivity contribution in [3.05, 3.63) is 65.0 Å². The Morgan fingerprint density at radius 3 is 2.40 bits per heavy atom. The summed E-state index contributed by atoms with van der Waals surface area (Å²) in [4.78, 5) is 41.3. The quantitative estimate of drug-likeness (QED) is 0.609. The third-order valence-corrected chi connectivity index (χ3v) is 5.45. The molecule has 2 aromatic rings. The predicted molar refractivity (Wildman–Crippen MR) is 125 cm³/mol. The first-order chi connectivity index (χ1) is 16.3. The molecule has 0 saturated carbocycles. The number of nitrogens with two attached hydrogens (primary N) is 1. The van der Waals surface area contributed by atoms with E-state index in [2.05, 4.69) is 5.32 Å². The number of benzene rings is 2. The molecular formula is C25H29F3N4O3. The van der Waals surface area contributed by atoms with Gasteiger partial charge in [-0.15, -0.1) is 0 Å². The van der Waals surface area contributed by atoms with Crippen LogP contribution in [0.1, 0.15) is 38.3 Å². The topological polar surface area (TPSA) is 95.7 Å². The summed E-state index contributed by atoms with van der Waals surface area (Å²) < 4.78 is 40.6. The highest BCUT2D eigenvalue weighted by molar-refractivity contribution is 6.02. The number of amides is 3. The molecule has 10 heteroatoms. The van der Waals surface area contributed by atoms with Gasteiger partial charge in [0, 0.05) is 36.3 Å². The Balaban J connectivity index is 1.73. The Morgan fingerprint density at radius 1 is 1.06 bits per heavy atom. The molecule has 2 aromatic carbocycles. The van der Waals surface area contributed by atoms with Crippen LogP contribution in [0.15, 0.2) is 36.4 Å². The largest absolute Gasteiger partial charge is 0.350 e. The minimum absolute atomic E-state index is 0.115. The zero-order valence-electron chi connectivity index (χ0n) is 19.9. The van der Waals surface area contributed by atoms with Crippen LogP contribution in [-0.2, 0) is 27.3 Å². The van der Waals surface area contributed by atoms with Gasteiger partial charge >= 0.3 is 0 Å². The lowest BCUT2D eigenvalue weighted by Crippen LogP contribution is -2.49. The molecule has 0 radical (unpaired) electrons. The van der Waals surface area contributed by atoms with E-state index in [4.69, 9.17) is 5.73 Å². The first kappa shape index (κ1) is 26.2. The van der Waals surface area contributed by atoms with Crippen LogP contribution in [-0.4, -0.2) is 47.3 Å². The highest BCUT2D eigenvalue weighted by Gasteiger charge is 2.31. The minimum atomic E-state index is -1.31. The molecule has 0 bridgehead atoms. The number of carbonyl (C=O) groups excluding carboxylic acids is 3. The molecule has 0 spiro atoms. The summed E-state index contributed by atoms with van der Waals surface area (Å²) in [5.41, 5.74) is 6.60. The van der Waals surface area contributed by atoms with E-state index in [1.807, 2.05) is 20.8 Å². The molecule has 0 fully saturated rings. The molecule has 3 N–H and O–H groups in total. The Kier molecular flexibility index (Phi) is 7.84. The summed E-state index contributed by atoms with van der Waals surface area (Å²) in [6.45, 7) is 5.13. The molecule has 0 unspecified atom stereocenters. The Hall–Kier alpha value is -3.40. The second kappa shape index (κ2) is 10.5. The third-order valence-electron chi connectivity index (χ3n) is 5.45. The molecule has 1 atom stereocenters. The molecule has 3 amide bonds. The number of nitrogens with one attached hydrogen (secondary N) is 1. The maximum atomic E-state index is 14.0. The minimum Gasteiger partial charge on any atom is -0.350 e. The standard InChI is InChI=1S/C25H29F3N4O3/c1-25(2,3)30-22(33)13-32-21-7-5-4-6-15(21)12-31(14-24(32)35)23(34)10-17(29)8-16-9-19(27)20(28)11-18(16)26/h4-7,9,11,17H,8,10,12-14,29H2,1-3H3,(H,30,33)/t17-/m1/s1. The van der Waals surface area contributed by atoms with Gasteiger partial charge in [0.15, 0.2) is 11.6 Å². The first-order valence-corrected chi connectivity index (χ1v) is 11.2. The van der Waals surface area contributed by atoms with Crippen molar-refractivity contribution < 1.29 is 27.6 Å². The maximum Gasteiger partial charge on any atom is 0.247 e. The van der Waals surface area contributed by atoms with Gasteiger partial charge in [-0.3, -0.25) is 14.4 Å². The molecule has 0 saturated heterocycles. The summed E-state index contributed by atoms with van der Waals surface area (Å²) in [5, 5.41) is 2.82. The van der Waals surface area contributed by atoms with E-state index in [9.17, 15) is 27.6 Å². The lowest BCUT2D eigenvalue weighted by atomic mass is 10.0. The third kappa shape index (κ3) is 6.82. The van der Waals surface area contributed by atoms with E-state index < -0.39 is 40.8 Å². The van der Waals surface area contributed by atoms with Crippen LogP contribution in [0.25, 0.3) is 0 Å². The molecular weight excluding hydrogens is 461 g/mol. The van der Waals surface area contributed by atoms with E-state index in [1.54, 1.807) is 24.3 Å². The number of fused-ring (bicyclic) bond motifs is 1. The Morgan fingerprint density at radius 2 is 1.71 bits per heavy atom. The Bertz CT molecular complexity index is 1130. The molecule has 1 aliphatic rings. The van der Waals surface area contributed by atoms with Crippen LogP contribution in [0.3, 0.4) is 0 Å². The molecule has 0 aromatic heterocycles. The van der Waals surface area contributed by atoms with E-state index >= 15 is 0 Å². The second-order valence-corrected chi connectivity index (χ2v) is 9.68. The van der Waals surface area contributed by atoms with Crippen molar-refractivity contribution >= 4 is 23.4 Å². The number of hydrogen-bond donors (Lipinski definition) is 2. The maximum absolute atomic E-state index is 14.0. The van der Waals surface area contributed by atoms with E-state index in [1.165, 1.54) is 9.80 Å². The van der Waals surface area contributed by atoms with Gasteiger partial charge < -0.3 is 20.9 Å². The van der Waals surface area contributed by atoms with Crippen LogP contribution in [0.4, 0.5) is 18.9 Å². The molecule has 35 heavy (non-hydrogen) atoms. The van der Waals surface area contributed by atoms with E-state index in [0.717, 1.165) is 6.07 Å². The van der Waals surface area contributed by atoms with Crippen LogP contribution < -0.4 is 16.0 Å². The number of anilines is 1. The molecule has 7 nitrogen and oxygen atoms in total. The number of halogens is 3. The molecule has 1 heterocycles. The summed E-state index contributed by atoms with van der Waals surface area (Å²) >= 11 is 0. The summed E-state index contributed by atoms with van der Waals surface area (Å²) in [6.07, 6.45) is -0.426. The van der Waals surface area contributed by atoms with Crippen molar-refractivity contribution in [3.8, 4) is 0 Å². The average molecular weight is 491 g/mol. The van der Waals surface area contributed by atoms with Gasteiger partial charge in [-0.2, -0.15) is 0 Å². The molecule has 188 valence electrons. The summed E-state index contributed by atoms with van der Waals surface area (Å²) in [5.74, 6) is -4.69. The molecule has 1 aliphatic heterocycles. The number of para-hydroxylation sites is 1. The number of rotatable bonds is 6. The van der Waals surface area contributed by atoms with Crippen molar-refractivity contribution in [2.75, 3.05) is 18.0 Å². The molecule has 3 rings (SSSR count). The number of carbonyl (C=O) groups is 3. The van der Waals surface area contributed by atoms with Crippen LogP contribution in [0.5, 0.6) is 0 Å². The van der Waals surface area contributed by atoms with Gasteiger partial charge in [-0.25, -0.2) is 13.2 Å². The van der Waals surface area contributed by atoms with Gasteiger partial charge in [0.2, 0.25) is 17.7 Å². The Labute approximate surface area is 202 Å². The van der Waals surface area contributed by atoms with Crippen LogP contribution >= 0.6 is 0 Å². The fraction of sp³-hybridized carbons (Fsp3) is 0.400. The lowest BCUT2D eigenvalue weighted by Gasteiger charge is -2.26. The monoisotopic (exact) mass is 490 g/mol. The zero-order valence-corrected chi connectivity index (χ0v) is 19.9. The number of hydrogen-bond acceptors (Lipinski definition) is 4. The molecule has 0 aliphatic carbocycles. The average Bonchev–Trinajstić information content (AvgIpc) is 2.87. The second-order valence-electron chi connectivity index (χ2n) is 9.68. The van der Waals surface area contributed by atoms with Gasteiger partial charge in [0.05, 0.1) is 0 Å². The van der Waals surface area contributed by atoms with Crippen LogP contribution in [0.2, 0.25) is 0 Å². The number of nitrogens with zero attached hydrogens (tertiary/aromatic N) is 2. The highest BCUT2D eigenvalue weighted by Crippen LogP contribution is 2.26. The normalized spacial score (nSPS) is 14.9. The van der Waals surface area contributed by atoms with Crippen molar-refractivity contribution in [2.24, 2.45) is 5.73 Å². The fourth-order valence-corrected chi connectivity index (χ4v) is 3.93. The SMILES string of the molecule is CC(C)(C)NC(=O)CN1C(=O)CN(C(=O)C[C@H](N)Cc2cc(F)c(F)cc2F)Cc2ccccc21. The van der Waals surface area contributed by atoms with Crippen molar-refractivity contribution in [1.82, 2.24) is 10.2 Å². The zero-order chi connectivity index (χ0) is 25.9. The van der Waals surface area contributed by atoms with Gasteiger partial charge in [0.25, 0.3) is 0 Å². The van der Waals surface area contributed by atoms with Crippen molar-refractivity contribution in [1.29, 1.82) is 0 Å². The summed E-state index contributed by atoms with van der Waals surface area (Å²) in [6, 6.07) is 7.26.